The maximum Gasteiger partial charge on any atom is 0.309 e. The van der Waals surface area contributed by atoms with Crippen molar-refractivity contribution in [3.8, 4) is 0 Å². The van der Waals surface area contributed by atoms with Crippen LogP contribution in [-0.2, 0) is 10.4 Å². The first kappa shape index (κ1) is 13.7. The summed E-state index contributed by atoms with van der Waals surface area (Å²) in [5.41, 5.74) is 0.422. The van der Waals surface area contributed by atoms with Crippen LogP contribution >= 0.6 is 0 Å². The van der Waals surface area contributed by atoms with Gasteiger partial charge in [-0.05, 0) is 25.8 Å². The van der Waals surface area contributed by atoms with E-state index >= 15 is 0 Å². The Balaban J connectivity index is 3.06. The van der Waals surface area contributed by atoms with E-state index in [1.807, 2.05) is 26.0 Å². The highest BCUT2D eigenvalue weighted by Crippen LogP contribution is 2.32. The molecule has 0 aliphatic carbocycles. The lowest BCUT2D eigenvalue weighted by molar-refractivity contribution is -0.152. The molecule has 1 rings (SSSR count). The number of aryl methyl sites for hydroxylation is 1. The number of hydrogen-bond donors (Lipinski definition) is 2. The Labute approximate surface area is 102 Å². The third-order valence-corrected chi connectivity index (χ3v) is 3.19. The van der Waals surface area contributed by atoms with Crippen LogP contribution in [0.1, 0.15) is 37.8 Å². The minimum absolute atomic E-state index is 0.468. The van der Waals surface area contributed by atoms with E-state index in [1.54, 1.807) is 19.1 Å². The average Bonchev–Trinajstić information content (AvgIpc) is 2.25. The van der Waals surface area contributed by atoms with E-state index in [4.69, 9.17) is 0 Å². The largest absolute Gasteiger partial charge is 0.481 e. The second kappa shape index (κ2) is 5.32. The molecule has 0 bridgehead atoms. The summed E-state index contributed by atoms with van der Waals surface area (Å²) >= 11 is 0. The Morgan fingerprint density at radius 2 is 1.88 bits per heavy atom. The monoisotopic (exact) mass is 236 g/mol. The third-order valence-electron chi connectivity index (χ3n) is 3.19. The first-order chi connectivity index (χ1) is 7.89. The van der Waals surface area contributed by atoms with Crippen LogP contribution in [0.3, 0.4) is 0 Å². The highest BCUT2D eigenvalue weighted by atomic mass is 16.4. The molecule has 17 heavy (non-hydrogen) atoms. The summed E-state index contributed by atoms with van der Waals surface area (Å²) in [6.45, 7) is 5.45. The molecule has 0 fully saturated rings. The Morgan fingerprint density at radius 1 is 1.35 bits per heavy atom. The van der Waals surface area contributed by atoms with Gasteiger partial charge in [-0.25, -0.2) is 0 Å². The summed E-state index contributed by atoms with van der Waals surface area (Å²) in [6.07, 6.45) is 1.20. The van der Waals surface area contributed by atoms with Crippen LogP contribution in [0.15, 0.2) is 24.3 Å². The minimum atomic E-state index is -1.32. The molecule has 2 atom stereocenters. The summed E-state index contributed by atoms with van der Waals surface area (Å²) < 4.78 is 0. The van der Waals surface area contributed by atoms with Crippen LogP contribution in [0.2, 0.25) is 0 Å². The standard InChI is InChI=1S/C14H20O3/c1-4-5-12(13(15)16)14(3,17)11-8-6-10(2)7-9-11/h6-9,12,17H,4-5H2,1-3H3,(H,15,16). The number of carboxylic acid groups (broad SMARTS) is 1. The minimum Gasteiger partial charge on any atom is -0.481 e. The maximum absolute atomic E-state index is 11.2. The van der Waals surface area contributed by atoms with Gasteiger partial charge in [-0.1, -0.05) is 43.2 Å². The molecule has 0 aliphatic rings. The van der Waals surface area contributed by atoms with Crippen LogP contribution in [0, 0.1) is 12.8 Å². The molecule has 0 saturated heterocycles. The molecule has 0 heterocycles. The number of hydrogen-bond acceptors (Lipinski definition) is 2. The fraction of sp³-hybridized carbons (Fsp3) is 0.500. The predicted octanol–water partition coefficient (Wildman–Crippen LogP) is 2.70. The lowest BCUT2D eigenvalue weighted by atomic mass is 9.80. The number of rotatable bonds is 5. The molecule has 0 aromatic heterocycles. The molecule has 2 N–H and O–H groups in total. The van der Waals surface area contributed by atoms with Crippen LogP contribution in [-0.4, -0.2) is 16.2 Å². The van der Waals surface area contributed by atoms with Gasteiger partial charge < -0.3 is 10.2 Å². The molecule has 3 nitrogen and oxygen atoms in total. The van der Waals surface area contributed by atoms with E-state index in [2.05, 4.69) is 0 Å². The number of benzene rings is 1. The SMILES string of the molecule is CCCC(C(=O)O)C(C)(O)c1ccc(C)cc1. The molecule has 0 amide bonds. The lowest BCUT2D eigenvalue weighted by Crippen LogP contribution is -2.37. The van der Waals surface area contributed by atoms with E-state index in [0.717, 1.165) is 12.0 Å². The van der Waals surface area contributed by atoms with Crippen molar-refractivity contribution in [2.24, 2.45) is 5.92 Å². The summed E-state index contributed by atoms with van der Waals surface area (Å²) in [4.78, 5) is 11.2. The topological polar surface area (TPSA) is 57.5 Å². The summed E-state index contributed by atoms with van der Waals surface area (Å²) in [5, 5.41) is 19.7. The predicted molar refractivity (Wildman–Crippen MR) is 66.8 cm³/mol. The van der Waals surface area contributed by atoms with Crippen molar-refractivity contribution in [1.29, 1.82) is 0 Å². The zero-order valence-corrected chi connectivity index (χ0v) is 10.6. The van der Waals surface area contributed by atoms with Crippen LogP contribution < -0.4 is 0 Å². The first-order valence-corrected chi connectivity index (χ1v) is 5.92. The van der Waals surface area contributed by atoms with Crippen molar-refractivity contribution in [2.75, 3.05) is 0 Å². The first-order valence-electron chi connectivity index (χ1n) is 5.92. The van der Waals surface area contributed by atoms with Crippen molar-refractivity contribution >= 4 is 5.97 Å². The van der Waals surface area contributed by atoms with Gasteiger partial charge in [-0.3, -0.25) is 4.79 Å². The summed E-state index contributed by atoms with van der Waals surface area (Å²) in [5.74, 6) is -1.72. The quantitative estimate of drug-likeness (QED) is 0.826. The molecule has 1 aromatic rings. The average molecular weight is 236 g/mol. The van der Waals surface area contributed by atoms with Crippen molar-refractivity contribution in [2.45, 2.75) is 39.2 Å². The van der Waals surface area contributed by atoms with Crippen molar-refractivity contribution < 1.29 is 15.0 Å². The molecule has 0 spiro atoms. The van der Waals surface area contributed by atoms with Crippen molar-refractivity contribution in [3.05, 3.63) is 35.4 Å². The maximum atomic E-state index is 11.2. The van der Waals surface area contributed by atoms with E-state index in [9.17, 15) is 15.0 Å². The van der Waals surface area contributed by atoms with Gasteiger partial charge in [0.25, 0.3) is 0 Å². The zero-order chi connectivity index (χ0) is 13.1. The van der Waals surface area contributed by atoms with Gasteiger partial charge in [0.15, 0.2) is 0 Å². The van der Waals surface area contributed by atoms with Gasteiger partial charge in [-0.15, -0.1) is 0 Å². The van der Waals surface area contributed by atoms with E-state index in [0.29, 0.717) is 12.0 Å². The molecule has 3 heteroatoms. The Kier molecular flexibility index (Phi) is 4.29. The smallest absolute Gasteiger partial charge is 0.309 e. The highest BCUT2D eigenvalue weighted by Gasteiger charge is 2.38. The second-order valence-corrected chi connectivity index (χ2v) is 4.69. The van der Waals surface area contributed by atoms with Crippen LogP contribution in [0.4, 0.5) is 0 Å². The van der Waals surface area contributed by atoms with Crippen LogP contribution in [0.25, 0.3) is 0 Å². The Morgan fingerprint density at radius 3 is 2.29 bits per heavy atom. The van der Waals surface area contributed by atoms with Gasteiger partial charge in [-0.2, -0.15) is 0 Å². The highest BCUT2D eigenvalue weighted by molar-refractivity contribution is 5.71. The lowest BCUT2D eigenvalue weighted by Gasteiger charge is -2.30. The van der Waals surface area contributed by atoms with Gasteiger partial charge in [0, 0.05) is 0 Å². The summed E-state index contributed by atoms with van der Waals surface area (Å²) in [7, 11) is 0. The van der Waals surface area contributed by atoms with Gasteiger partial charge in [0.2, 0.25) is 0 Å². The number of aliphatic hydroxyl groups is 1. The van der Waals surface area contributed by atoms with E-state index in [-0.39, 0.29) is 0 Å². The second-order valence-electron chi connectivity index (χ2n) is 4.69. The third kappa shape index (κ3) is 3.07. The van der Waals surface area contributed by atoms with Crippen LogP contribution in [0.5, 0.6) is 0 Å². The number of aliphatic carboxylic acids is 1. The number of carbonyl (C=O) groups is 1. The normalized spacial score (nSPS) is 16.2. The van der Waals surface area contributed by atoms with Crippen molar-refractivity contribution in [3.63, 3.8) is 0 Å². The Hall–Kier alpha value is -1.35. The molecular formula is C14H20O3. The molecule has 1 aromatic carbocycles. The van der Waals surface area contributed by atoms with Gasteiger partial charge >= 0.3 is 5.97 Å². The van der Waals surface area contributed by atoms with Gasteiger partial charge in [0.1, 0.15) is 5.60 Å². The van der Waals surface area contributed by atoms with Crippen molar-refractivity contribution in [1.82, 2.24) is 0 Å². The molecule has 94 valence electrons. The van der Waals surface area contributed by atoms with E-state index in [1.165, 1.54) is 0 Å². The summed E-state index contributed by atoms with van der Waals surface area (Å²) in [6, 6.07) is 7.35. The number of carboxylic acids is 1. The fourth-order valence-corrected chi connectivity index (χ4v) is 2.03. The molecular weight excluding hydrogens is 216 g/mol. The molecule has 0 aliphatic heterocycles. The molecule has 2 unspecified atom stereocenters. The molecule has 0 radical (unpaired) electrons. The van der Waals surface area contributed by atoms with E-state index < -0.39 is 17.5 Å². The Bertz CT molecular complexity index is 379. The zero-order valence-electron chi connectivity index (χ0n) is 10.6. The fourth-order valence-electron chi connectivity index (χ4n) is 2.03. The molecule has 0 saturated carbocycles. The van der Waals surface area contributed by atoms with Gasteiger partial charge in [0.05, 0.1) is 5.92 Å².